The number of benzene rings is 2. The van der Waals surface area contributed by atoms with Crippen LogP contribution >= 0.6 is 0 Å². The van der Waals surface area contributed by atoms with E-state index in [0.717, 1.165) is 23.1 Å². The van der Waals surface area contributed by atoms with E-state index in [-0.39, 0.29) is 18.4 Å². The molecule has 0 bridgehead atoms. The number of carbonyl (C=O) groups excluding carboxylic acids is 2. The third-order valence-corrected chi connectivity index (χ3v) is 4.97. The quantitative estimate of drug-likeness (QED) is 0.800. The SMILES string of the molecule is CCCN1C(=O)Cc2ccccc2[C@H]1C(=O)NCc1cccc(OC)c1OC. The zero-order valence-corrected chi connectivity index (χ0v) is 16.5. The van der Waals surface area contributed by atoms with Crippen LogP contribution in [0.5, 0.6) is 11.5 Å². The molecule has 2 aromatic carbocycles. The number of amides is 2. The molecule has 3 rings (SSSR count). The molecule has 1 heterocycles. The van der Waals surface area contributed by atoms with Crippen molar-refractivity contribution in [2.75, 3.05) is 20.8 Å². The first-order valence-electron chi connectivity index (χ1n) is 9.45. The largest absolute Gasteiger partial charge is 0.493 e. The second kappa shape index (κ2) is 8.78. The third-order valence-electron chi connectivity index (χ3n) is 4.97. The number of hydrogen-bond acceptors (Lipinski definition) is 4. The minimum Gasteiger partial charge on any atom is -0.493 e. The van der Waals surface area contributed by atoms with Gasteiger partial charge in [0, 0.05) is 18.7 Å². The molecular formula is C22H26N2O4. The minimum absolute atomic E-state index is 0.0142. The number of hydrogen-bond donors (Lipinski definition) is 1. The minimum atomic E-state index is -0.617. The molecule has 0 aromatic heterocycles. The van der Waals surface area contributed by atoms with Crippen molar-refractivity contribution in [3.63, 3.8) is 0 Å². The van der Waals surface area contributed by atoms with Gasteiger partial charge in [-0.3, -0.25) is 9.59 Å². The van der Waals surface area contributed by atoms with E-state index in [1.54, 1.807) is 19.1 Å². The number of nitrogens with zero attached hydrogens (tertiary/aromatic N) is 1. The van der Waals surface area contributed by atoms with Gasteiger partial charge in [0.2, 0.25) is 11.8 Å². The monoisotopic (exact) mass is 382 g/mol. The van der Waals surface area contributed by atoms with Gasteiger partial charge in [-0.05, 0) is 23.6 Å². The van der Waals surface area contributed by atoms with Crippen LogP contribution in [0.4, 0.5) is 0 Å². The maximum absolute atomic E-state index is 13.1. The Morgan fingerprint density at radius 1 is 1.14 bits per heavy atom. The fraction of sp³-hybridized carbons (Fsp3) is 0.364. The molecule has 0 saturated carbocycles. The molecule has 28 heavy (non-hydrogen) atoms. The van der Waals surface area contributed by atoms with Crippen LogP contribution in [0.25, 0.3) is 0 Å². The van der Waals surface area contributed by atoms with Crippen LogP contribution in [0.1, 0.15) is 36.1 Å². The highest BCUT2D eigenvalue weighted by atomic mass is 16.5. The predicted molar refractivity (Wildman–Crippen MR) is 106 cm³/mol. The Hall–Kier alpha value is -3.02. The van der Waals surface area contributed by atoms with Crippen molar-refractivity contribution in [1.29, 1.82) is 0 Å². The molecule has 0 aliphatic carbocycles. The summed E-state index contributed by atoms with van der Waals surface area (Å²) in [7, 11) is 3.15. The second-order valence-electron chi connectivity index (χ2n) is 6.74. The number of nitrogens with one attached hydrogen (secondary N) is 1. The van der Waals surface area contributed by atoms with E-state index >= 15 is 0 Å². The number of ether oxygens (including phenoxy) is 2. The van der Waals surface area contributed by atoms with Crippen molar-refractivity contribution in [3.8, 4) is 11.5 Å². The zero-order chi connectivity index (χ0) is 20.1. The Morgan fingerprint density at radius 2 is 1.93 bits per heavy atom. The summed E-state index contributed by atoms with van der Waals surface area (Å²) in [5.41, 5.74) is 2.62. The molecule has 0 spiro atoms. The molecule has 0 unspecified atom stereocenters. The Kier molecular flexibility index (Phi) is 6.19. The zero-order valence-electron chi connectivity index (χ0n) is 16.5. The predicted octanol–water partition coefficient (Wildman–Crippen LogP) is 2.86. The van der Waals surface area contributed by atoms with E-state index in [2.05, 4.69) is 5.32 Å². The molecule has 1 N–H and O–H groups in total. The first-order chi connectivity index (χ1) is 13.6. The average Bonchev–Trinajstić information content (AvgIpc) is 2.72. The Labute approximate surface area is 165 Å². The summed E-state index contributed by atoms with van der Waals surface area (Å²) in [6.45, 7) is 2.84. The normalized spacial score (nSPS) is 15.8. The van der Waals surface area contributed by atoms with Gasteiger partial charge in [-0.15, -0.1) is 0 Å². The molecule has 2 amide bonds. The van der Waals surface area contributed by atoms with Gasteiger partial charge in [0.1, 0.15) is 6.04 Å². The van der Waals surface area contributed by atoms with Crippen LogP contribution in [0, 0.1) is 0 Å². The Bertz CT molecular complexity index is 865. The van der Waals surface area contributed by atoms with Crippen LogP contribution in [0.3, 0.4) is 0 Å². The third kappa shape index (κ3) is 3.81. The fourth-order valence-corrected chi connectivity index (χ4v) is 3.69. The standard InChI is InChI=1S/C22H26N2O4/c1-4-12-24-19(25)13-15-8-5-6-10-17(15)20(24)22(26)23-14-16-9-7-11-18(27-2)21(16)28-3/h5-11,20H,4,12-14H2,1-3H3,(H,23,26)/t20-/m0/s1. The molecule has 2 aromatic rings. The highest BCUT2D eigenvalue weighted by molar-refractivity contribution is 5.92. The maximum Gasteiger partial charge on any atom is 0.247 e. The van der Waals surface area contributed by atoms with Crippen LogP contribution in [0.2, 0.25) is 0 Å². The van der Waals surface area contributed by atoms with Crippen LogP contribution in [-0.4, -0.2) is 37.5 Å². The number of para-hydroxylation sites is 1. The fourth-order valence-electron chi connectivity index (χ4n) is 3.69. The lowest BCUT2D eigenvalue weighted by Crippen LogP contribution is -2.47. The molecule has 148 valence electrons. The lowest BCUT2D eigenvalue weighted by molar-refractivity contribution is -0.141. The van der Waals surface area contributed by atoms with Crippen molar-refractivity contribution < 1.29 is 19.1 Å². The molecule has 1 aliphatic heterocycles. The van der Waals surface area contributed by atoms with Gasteiger partial charge in [-0.1, -0.05) is 43.3 Å². The molecule has 0 saturated heterocycles. The van der Waals surface area contributed by atoms with E-state index < -0.39 is 6.04 Å². The molecule has 6 nitrogen and oxygen atoms in total. The lowest BCUT2D eigenvalue weighted by atomic mass is 9.91. The smallest absolute Gasteiger partial charge is 0.247 e. The van der Waals surface area contributed by atoms with Gasteiger partial charge in [0.05, 0.1) is 20.6 Å². The first-order valence-corrected chi connectivity index (χ1v) is 9.45. The number of carbonyl (C=O) groups is 2. The molecule has 6 heteroatoms. The summed E-state index contributed by atoms with van der Waals surface area (Å²) in [5, 5.41) is 2.98. The number of rotatable bonds is 7. The number of methoxy groups -OCH3 is 2. The highest BCUT2D eigenvalue weighted by Crippen LogP contribution is 2.32. The molecule has 0 fully saturated rings. The van der Waals surface area contributed by atoms with Crippen molar-refractivity contribution in [2.45, 2.75) is 32.4 Å². The van der Waals surface area contributed by atoms with Gasteiger partial charge in [-0.25, -0.2) is 0 Å². The molecular weight excluding hydrogens is 356 g/mol. The summed E-state index contributed by atoms with van der Waals surface area (Å²) in [6, 6.07) is 12.6. The molecule has 1 aliphatic rings. The van der Waals surface area contributed by atoms with Gasteiger partial charge in [0.25, 0.3) is 0 Å². The summed E-state index contributed by atoms with van der Waals surface area (Å²) in [5.74, 6) is 0.995. The van der Waals surface area contributed by atoms with Gasteiger partial charge in [0.15, 0.2) is 11.5 Å². The van der Waals surface area contributed by atoms with Gasteiger partial charge in [-0.2, -0.15) is 0 Å². The van der Waals surface area contributed by atoms with Crippen molar-refractivity contribution in [1.82, 2.24) is 10.2 Å². The van der Waals surface area contributed by atoms with Crippen LogP contribution in [-0.2, 0) is 22.6 Å². The van der Waals surface area contributed by atoms with E-state index in [0.29, 0.717) is 24.5 Å². The highest BCUT2D eigenvalue weighted by Gasteiger charge is 2.36. The summed E-state index contributed by atoms with van der Waals surface area (Å²) in [4.78, 5) is 27.5. The maximum atomic E-state index is 13.1. The van der Waals surface area contributed by atoms with Crippen LogP contribution in [0.15, 0.2) is 42.5 Å². The summed E-state index contributed by atoms with van der Waals surface area (Å²) >= 11 is 0. The lowest BCUT2D eigenvalue weighted by Gasteiger charge is -2.36. The van der Waals surface area contributed by atoms with Gasteiger partial charge >= 0.3 is 0 Å². The van der Waals surface area contributed by atoms with E-state index in [9.17, 15) is 9.59 Å². The summed E-state index contributed by atoms with van der Waals surface area (Å²) < 4.78 is 10.8. The first kappa shape index (κ1) is 19.7. The van der Waals surface area contributed by atoms with E-state index in [1.165, 1.54) is 0 Å². The van der Waals surface area contributed by atoms with E-state index in [4.69, 9.17) is 9.47 Å². The molecule has 1 atom stereocenters. The van der Waals surface area contributed by atoms with E-state index in [1.807, 2.05) is 49.4 Å². The van der Waals surface area contributed by atoms with Crippen molar-refractivity contribution in [3.05, 3.63) is 59.2 Å². The summed E-state index contributed by atoms with van der Waals surface area (Å²) in [6.07, 6.45) is 1.13. The van der Waals surface area contributed by atoms with Crippen molar-refractivity contribution >= 4 is 11.8 Å². The van der Waals surface area contributed by atoms with Crippen molar-refractivity contribution in [2.24, 2.45) is 0 Å². The second-order valence-corrected chi connectivity index (χ2v) is 6.74. The van der Waals surface area contributed by atoms with Crippen LogP contribution < -0.4 is 14.8 Å². The number of fused-ring (bicyclic) bond motifs is 1. The average molecular weight is 382 g/mol. The topological polar surface area (TPSA) is 67.9 Å². The van der Waals surface area contributed by atoms with Gasteiger partial charge < -0.3 is 19.7 Å². The Balaban J connectivity index is 1.85. The Morgan fingerprint density at radius 3 is 2.64 bits per heavy atom. The molecule has 0 radical (unpaired) electrons.